The molecule has 1 unspecified atom stereocenters. The Morgan fingerprint density at radius 1 is 0.929 bits per heavy atom. The Kier molecular flexibility index (Phi) is 2.90. The molecule has 1 atom stereocenters. The standard InChI is InChI=1S/C12H12NP/c1-14(11-7-3-2-4-8-11)12-9-5-6-10-13-12/h2-10H,1H3. The second-order valence-electron chi connectivity index (χ2n) is 3.08. The molecule has 0 saturated heterocycles. The van der Waals surface area contributed by atoms with E-state index in [2.05, 4.69) is 42.0 Å². The molecule has 0 radical (unpaired) electrons. The Hall–Kier alpha value is -1.20. The smallest absolute Gasteiger partial charge is 0.0673 e. The van der Waals surface area contributed by atoms with Gasteiger partial charge in [-0.05, 0) is 32.0 Å². The first-order valence-corrected chi connectivity index (χ1v) is 6.36. The van der Waals surface area contributed by atoms with Gasteiger partial charge in [-0.2, -0.15) is 0 Å². The van der Waals surface area contributed by atoms with Crippen LogP contribution in [0, 0.1) is 0 Å². The third-order valence-electron chi connectivity index (χ3n) is 2.14. The first-order chi connectivity index (χ1) is 6.88. The molecule has 0 fully saturated rings. The number of nitrogens with zero attached hydrogens (tertiary/aromatic N) is 1. The molecule has 2 rings (SSSR count). The molecule has 70 valence electrons. The van der Waals surface area contributed by atoms with Crippen molar-refractivity contribution in [2.45, 2.75) is 0 Å². The van der Waals surface area contributed by atoms with E-state index in [0.29, 0.717) is 0 Å². The van der Waals surface area contributed by atoms with Gasteiger partial charge in [0.1, 0.15) is 0 Å². The quantitative estimate of drug-likeness (QED) is 0.678. The molecule has 14 heavy (non-hydrogen) atoms. The van der Waals surface area contributed by atoms with E-state index in [4.69, 9.17) is 0 Å². The summed E-state index contributed by atoms with van der Waals surface area (Å²) in [6.45, 7) is 2.24. The van der Waals surface area contributed by atoms with Crippen molar-refractivity contribution in [3.63, 3.8) is 0 Å². The zero-order valence-corrected chi connectivity index (χ0v) is 8.99. The molecule has 2 heteroatoms. The second-order valence-corrected chi connectivity index (χ2v) is 5.18. The summed E-state index contributed by atoms with van der Waals surface area (Å²) in [6, 6.07) is 16.6. The van der Waals surface area contributed by atoms with Crippen LogP contribution in [0.1, 0.15) is 0 Å². The van der Waals surface area contributed by atoms with Crippen molar-refractivity contribution in [2.24, 2.45) is 0 Å². The normalized spacial score (nSPS) is 12.4. The molecule has 0 amide bonds. The van der Waals surface area contributed by atoms with E-state index in [1.165, 1.54) is 10.7 Å². The van der Waals surface area contributed by atoms with Crippen molar-refractivity contribution in [2.75, 3.05) is 6.66 Å². The SMILES string of the molecule is CP(c1ccccc1)c1ccccn1. The molecule has 1 nitrogen and oxygen atoms in total. The van der Waals surface area contributed by atoms with Crippen LogP contribution < -0.4 is 10.7 Å². The van der Waals surface area contributed by atoms with Gasteiger partial charge in [-0.25, -0.2) is 0 Å². The van der Waals surface area contributed by atoms with Gasteiger partial charge in [-0.3, -0.25) is 4.98 Å². The lowest BCUT2D eigenvalue weighted by molar-refractivity contribution is 1.39. The highest BCUT2D eigenvalue weighted by atomic mass is 31.1. The fourth-order valence-electron chi connectivity index (χ4n) is 1.34. The Bertz CT molecular complexity index is 346. The van der Waals surface area contributed by atoms with Gasteiger partial charge in [0, 0.05) is 6.20 Å². The maximum Gasteiger partial charge on any atom is 0.0673 e. The van der Waals surface area contributed by atoms with Crippen molar-refractivity contribution >= 4 is 18.7 Å². The van der Waals surface area contributed by atoms with E-state index in [0.717, 1.165) is 0 Å². The molecule has 0 aliphatic heterocycles. The second kappa shape index (κ2) is 4.34. The van der Waals surface area contributed by atoms with Crippen molar-refractivity contribution in [1.82, 2.24) is 4.98 Å². The molecular formula is C12H12NP. The molecule has 2 aromatic rings. The lowest BCUT2D eigenvalue weighted by Crippen LogP contribution is -2.12. The average molecular weight is 201 g/mol. The maximum absolute atomic E-state index is 4.38. The minimum absolute atomic E-state index is 0.282. The minimum Gasteiger partial charge on any atom is -0.256 e. The number of rotatable bonds is 2. The van der Waals surface area contributed by atoms with Crippen LogP contribution in [-0.4, -0.2) is 11.6 Å². The molecule has 1 aromatic heterocycles. The van der Waals surface area contributed by atoms with Gasteiger partial charge < -0.3 is 0 Å². The minimum atomic E-state index is -0.282. The van der Waals surface area contributed by atoms with Gasteiger partial charge in [-0.1, -0.05) is 36.4 Å². The first-order valence-electron chi connectivity index (χ1n) is 4.58. The molecule has 0 aliphatic rings. The van der Waals surface area contributed by atoms with Gasteiger partial charge in [0.05, 0.1) is 5.44 Å². The number of hydrogen-bond acceptors (Lipinski definition) is 1. The van der Waals surface area contributed by atoms with E-state index >= 15 is 0 Å². The fraction of sp³-hybridized carbons (Fsp3) is 0.0833. The maximum atomic E-state index is 4.38. The lowest BCUT2D eigenvalue weighted by atomic mass is 10.4. The third kappa shape index (κ3) is 2.00. The molecule has 0 spiro atoms. The summed E-state index contributed by atoms with van der Waals surface area (Å²) in [5.41, 5.74) is 1.19. The van der Waals surface area contributed by atoms with Crippen LogP contribution in [0.5, 0.6) is 0 Å². The van der Waals surface area contributed by atoms with Crippen LogP contribution >= 0.6 is 7.92 Å². The summed E-state index contributed by atoms with van der Waals surface area (Å²) in [5, 5.41) is 1.38. The van der Waals surface area contributed by atoms with E-state index in [9.17, 15) is 0 Å². The summed E-state index contributed by atoms with van der Waals surface area (Å²) in [7, 11) is -0.282. The zero-order valence-electron chi connectivity index (χ0n) is 8.09. The van der Waals surface area contributed by atoms with E-state index in [-0.39, 0.29) is 7.92 Å². The number of aromatic nitrogens is 1. The van der Waals surface area contributed by atoms with Gasteiger partial charge in [-0.15, -0.1) is 0 Å². The largest absolute Gasteiger partial charge is 0.256 e. The summed E-state index contributed by atoms with van der Waals surface area (Å²) in [4.78, 5) is 4.38. The summed E-state index contributed by atoms with van der Waals surface area (Å²) in [6.07, 6.45) is 1.86. The Labute approximate surface area is 85.6 Å². The van der Waals surface area contributed by atoms with E-state index < -0.39 is 0 Å². The molecular weight excluding hydrogens is 189 g/mol. The lowest BCUT2D eigenvalue weighted by Gasteiger charge is -2.10. The van der Waals surface area contributed by atoms with Crippen LogP contribution in [0.3, 0.4) is 0 Å². The highest BCUT2D eigenvalue weighted by Crippen LogP contribution is 2.26. The molecule has 1 aromatic carbocycles. The third-order valence-corrected chi connectivity index (χ3v) is 4.16. The van der Waals surface area contributed by atoms with Gasteiger partial charge in [0.15, 0.2) is 0 Å². The first kappa shape index (κ1) is 9.36. The van der Waals surface area contributed by atoms with Gasteiger partial charge in [0.25, 0.3) is 0 Å². The van der Waals surface area contributed by atoms with Crippen molar-refractivity contribution < 1.29 is 0 Å². The summed E-state index contributed by atoms with van der Waals surface area (Å²) >= 11 is 0. The molecule has 0 bridgehead atoms. The van der Waals surface area contributed by atoms with Crippen LogP contribution in [0.2, 0.25) is 0 Å². The molecule has 0 saturated carbocycles. The Morgan fingerprint density at radius 2 is 1.64 bits per heavy atom. The summed E-state index contributed by atoms with van der Waals surface area (Å²) in [5.74, 6) is 0. The number of pyridine rings is 1. The molecule has 1 heterocycles. The van der Waals surface area contributed by atoms with E-state index in [1.807, 2.05) is 24.4 Å². The summed E-state index contributed by atoms with van der Waals surface area (Å²) < 4.78 is 0. The predicted molar refractivity (Wildman–Crippen MR) is 62.8 cm³/mol. The zero-order chi connectivity index (χ0) is 9.80. The Morgan fingerprint density at radius 3 is 2.29 bits per heavy atom. The Balaban J connectivity index is 2.30. The average Bonchev–Trinajstić information content (AvgIpc) is 2.30. The monoisotopic (exact) mass is 201 g/mol. The highest BCUT2D eigenvalue weighted by molar-refractivity contribution is 7.72. The van der Waals surface area contributed by atoms with Crippen LogP contribution in [0.4, 0.5) is 0 Å². The molecule has 0 aliphatic carbocycles. The number of benzene rings is 1. The topological polar surface area (TPSA) is 12.9 Å². The van der Waals surface area contributed by atoms with E-state index in [1.54, 1.807) is 0 Å². The van der Waals surface area contributed by atoms with Crippen LogP contribution in [-0.2, 0) is 0 Å². The van der Waals surface area contributed by atoms with Crippen molar-refractivity contribution in [3.05, 3.63) is 54.7 Å². The highest BCUT2D eigenvalue weighted by Gasteiger charge is 2.06. The van der Waals surface area contributed by atoms with Gasteiger partial charge >= 0.3 is 0 Å². The van der Waals surface area contributed by atoms with Crippen molar-refractivity contribution in [1.29, 1.82) is 0 Å². The van der Waals surface area contributed by atoms with Crippen molar-refractivity contribution in [3.8, 4) is 0 Å². The molecule has 0 N–H and O–H groups in total. The number of hydrogen-bond donors (Lipinski definition) is 0. The van der Waals surface area contributed by atoms with Gasteiger partial charge in [0.2, 0.25) is 0 Å². The van der Waals surface area contributed by atoms with Crippen LogP contribution in [0.15, 0.2) is 54.7 Å². The fourth-order valence-corrected chi connectivity index (χ4v) is 2.77. The van der Waals surface area contributed by atoms with Crippen LogP contribution in [0.25, 0.3) is 0 Å². The predicted octanol–water partition coefficient (Wildman–Crippen LogP) is 2.14.